The van der Waals surface area contributed by atoms with E-state index in [0.717, 1.165) is 5.56 Å². The zero-order chi connectivity index (χ0) is 16.4. The minimum Gasteiger partial charge on any atom is -0.481 e. The molecule has 0 atom stereocenters. The summed E-state index contributed by atoms with van der Waals surface area (Å²) in [4.78, 5) is 33.4. The number of nitrogens with one attached hydrogen (secondary N) is 2. The molecule has 0 aliphatic heterocycles. The lowest BCUT2D eigenvalue weighted by atomic mass is 10.1. The summed E-state index contributed by atoms with van der Waals surface area (Å²) in [5, 5.41) is 13.8. The normalized spacial score (nSPS) is 10.0. The fourth-order valence-corrected chi connectivity index (χ4v) is 1.70. The lowest BCUT2D eigenvalue weighted by Gasteiger charge is -2.07. The van der Waals surface area contributed by atoms with Gasteiger partial charge in [-0.15, -0.1) is 0 Å². The van der Waals surface area contributed by atoms with Crippen LogP contribution in [0.15, 0.2) is 24.3 Å². The maximum Gasteiger partial charge on any atom is 0.303 e. The van der Waals surface area contributed by atoms with Crippen LogP contribution in [0, 0.1) is 0 Å². The predicted octanol–water partition coefficient (Wildman–Crippen LogP) is 0.544. The number of carboxylic acid groups (broad SMARTS) is 1. The lowest BCUT2D eigenvalue weighted by molar-refractivity contribution is -0.137. The van der Waals surface area contributed by atoms with Crippen LogP contribution in [0.1, 0.15) is 28.8 Å². The van der Waals surface area contributed by atoms with Crippen molar-refractivity contribution in [1.29, 1.82) is 0 Å². The van der Waals surface area contributed by atoms with E-state index in [-0.39, 0.29) is 24.8 Å². The summed E-state index contributed by atoms with van der Waals surface area (Å²) >= 11 is 0. The molecule has 0 aliphatic rings. The average molecular weight is 308 g/mol. The molecule has 0 aromatic heterocycles. The van der Waals surface area contributed by atoms with E-state index in [1.54, 1.807) is 24.3 Å². The molecule has 0 saturated carbocycles. The zero-order valence-corrected chi connectivity index (χ0v) is 12.4. The molecule has 1 rings (SSSR count). The van der Waals surface area contributed by atoms with E-state index in [1.807, 2.05) is 0 Å². The maximum atomic E-state index is 11.8. The highest BCUT2D eigenvalue weighted by Gasteiger charge is 2.06. The molecule has 22 heavy (non-hydrogen) atoms. The Kier molecular flexibility index (Phi) is 7.63. The number of hydrogen-bond donors (Lipinski definition) is 3. The topological polar surface area (TPSA) is 105 Å². The van der Waals surface area contributed by atoms with Crippen LogP contribution in [0.2, 0.25) is 0 Å². The summed E-state index contributed by atoms with van der Waals surface area (Å²) in [6.07, 6.45) is 0.422. The van der Waals surface area contributed by atoms with E-state index < -0.39 is 5.97 Å². The molecular weight excluding hydrogens is 288 g/mol. The molecule has 7 nitrogen and oxygen atoms in total. The molecule has 0 unspecified atom stereocenters. The molecule has 0 heterocycles. The van der Waals surface area contributed by atoms with Crippen molar-refractivity contribution in [3.05, 3.63) is 35.4 Å². The van der Waals surface area contributed by atoms with E-state index in [4.69, 9.17) is 9.84 Å². The van der Waals surface area contributed by atoms with E-state index in [2.05, 4.69) is 10.6 Å². The summed E-state index contributed by atoms with van der Waals surface area (Å²) in [5.74, 6) is -1.34. The van der Waals surface area contributed by atoms with Gasteiger partial charge in [0.15, 0.2) is 0 Å². The fraction of sp³-hybridized carbons (Fsp3) is 0.400. The molecular formula is C15H20N2O5. The van der Waals surface area contributed by atoms with Gasteiger partial charge < -0.3 is 20.5 Å². The van der Waals surface area contributed by atoms with Crippen molar-refractivity contribution in [2.75, 3.05) is 20.3 Å². The van der Waals surface area contributed by atoms with Gasteiger partial charge in [0.1, 0.15) is 6.61 Å². The van der Waals surface area contributed by atoms with E-state index in [9.17, 15) is 14.4 Å². The Morgan fingerprint density at radius 3 is 2.41 bits per heavy atom. The van der Waals surface area contributed by atoms with Crippen molar-refractivity contribution < 1.29 is 24.2 Å². The number of ether oxygens (including phenoxy) is 1. The summed E-state index contributed by atoms with van der Waals surface area (Å²) in [6.45, 7) is 0.694. The summed E-state index contributed by atoms with van der Waals surface area (Å²) < 4.78 is 4.70. The SMILES string of the molecule is COCC(=O)NCc1ccc(C(=O)NCCCC(=O)O)cc1. The number of hydrogen-bond acceptors (Lipinski definition) is 4. The first-order chi connectivity index (χ1) is 10.5. The molecule has 0 spiro atoms. The van der Waals surface area contributed by atoms with Crippen LogP contribution in [0.5, 0.6) is 0 Å². The number of aliphatic carboxylic acids is 1. The maximum absolute atomic E-state index is 11.8. The van der Waals surface area contributed by atoms with Crippen molar-refractivity contribution in [3.8, 4) is 0 Å². The van der Waals surface area contributed by atoms with Crippen molar-refractivity contribution in [3.63, 3.8) is 0 Å². The minimum absolute atomic E-state index is 0.0107. The smallest absolute Gasteiger partial charge is 0.303 e. The molecule has 0 aliphatic carbocycles. The number of carboxylic acids is 1. The number of methoxy groups -OCH3 is 1. The molecule has 120 valence electrons. The van der Waals surface area contributed by atoms with Gasteiger partial charge in [0.25, 0.3) is 5.91 Å². The Labute approximate surface area is 128 Å². The number of carbonyl (C=O) groups is 3. The first-order valence-electron chi connectivity index (χ1n) is 6.87. The third-order valence-corrected chi connectivity index (χ3v) is 2.83. The molecule has 2 amide bonds. The van der Waals surface area contributed by atoms with Crippen LogP contribution in [0.25, 0.3) is 0 Å². The third kappa shape index (κ3) is 6.85. The van der Waals surface area contributed by atoms with Gasteiger partial charge in [-0.25, -0.2) is 0 Å². The molecule has 0 bridgehead atoms. The van der Waals surface area contributed by atoms with Crippen LogP contribution in [-0.4, -0.2) is 43.2 Å². The Morgan fingerprint density at radius 2 is 1.82 bits per heavy atom. The van der Waals surface area contributed by atoms with Gasteiger partial charge in [-0.3, -0.25) is 14.4 Å². The second-order valence-electron chi connectivity index (χ2n) is 4.66. The van der Waals surface area contributed by atoms with E-state index >= 15 is 0 Å². The van der Waals surface area contributed by atoms with E-state index in [0.29, 0.717) is 25.1 Å². The second kappa shape index (κ2) is 9.51. The number of carbonyl (C=O) groups excluding carboxylic acids is 2. The molecule has 7 heteroatoms. The highest BCUT2D eigenvalue weighted by molar-refractivity contribution is 5.94. The minimum atomic E-state index is -0.880. The van der Waals surface area contributed by atoms with Gasteiger partial charge in [-0.1, -0.05) is 12.1 Å². The first kappa shape index (κ1) is 17.6. The monoisotopic (exact) mass is 308 g/mol. The van der Waals surface area contributed by atoms with Gasteiger partial charge >= 0.3 is 5.97 Å². The zero-order valence-electron chi connectivity index (χ0n) is 12.4. The largest absolute Gasteiger partial charge is 0.481 e. The van der Waals surface area contributed by atoms with Crippen molar-refractivity contribution in [2.45, 2.75) is 19.4 Å². The van der Waals surface area contributed by atoms with Gasteiger partial charge in [0.05, 0.1) is 0 Å². The fourth-order valence-electron chi connectivity index (χ4n) is 1.70. The lowest BCUT2D eigenvalue weighted by Crippen LogP contribution is -2.27. The van der Waals surface area contributed by atoms with Crippen molar-refractivity contribution in [1.82, 2.24) is 10.6 Å². The molecule has 0 fully saturated rings. The standard InChI is InChI=1S/C15H20N2O5/c1-22-10-13(18)17-9-11-4-6-12(7-5-11)15(21)16-8-2-3-14(19)20/h4-7H,2-3,8-10H2,1H3,(H,16,21)(H,17,18)(H,19,20). The summed E-state index contributed by atoms with van der Waals surface area (Å²) in [7, 11) is 1.45. The van der Waals surface area contributed by atoms with Crippen LogP contribution in [-0.2, 0) is 20.9 Å². The molecule has 0 saturated heterocycles. The Morgan fingerprint density at radius 1 is 1.14 bits per heavy atom. The first-order valence-corrected chi connectivity index (χ1v) is 6.87. The van der Waals surface area contributed by atoms with E-state index in [1.165, 1.54) is 7.11 Å². The van der Waals surface area contributed by atoms with Crippen molar-refractivity contribution in [2.24, 2.45) is 0 Å². The van der Waals surface area contributed by atoms with Gasteiger partial charge in [0.2, 0.25) is 5.91 Å². The Hall–Kier alpha value is -2.41. The average Bonchev–Trinajstić information content (AvgIpc) is 2.50. The molecule has 1 aromatic rings. The highest BCUT2D eigenvalue weighted by Crippen LogP contribution is 2.04. The third-order valence-electron chi connectivity index (χ3n) is 2.83. The summed E-state index contributed by atoms with van der Waals surface area (Å²) in [6, 6.07) is 6.81. The van der Waals surface area contributed by atoms with Gasteiger partial charge in [-0.2, -0.15) is 0 Å². The van der Waals surface area contributed by atoms with Crippen LogP contribution in [0.4, 0.5) is 0 Å². The summed E-state index contributed by atoms with van der Waals surface area (Å²) in [5.41, 5.74) is 1.36. The molecule has 0 radical (unpaired) electrons. The molecule has 1 aromatic carbocycles. The van der Waals surface area contributed by atoms with Gasteiger partial charge in [0, 0.05) is 32.2 Å². The Bertz CT molecular complexity index is 513. The second-order valence-corrected chi connectivity index (χ2v) is 4.66. The van der Waals surface area contributed by atoms with Crippen LogP contribution in [0.3, 0.4) is 0 Å². The predicted molar refractivity (Wildman–Crippen MR) is 79.4 cm³/mol. The number of rotatable bonds is 9. The van der Waals surface area contributed by atoms with Crippen LogP contribution >= 0.6 is 0 Å². The highest BCUT2D eigenvalue weighted by atomic mass is 16.5. The van der Waals surface area contributed by atoms with Crippen LogP contribution < -0.4 is 10.6 Å². The van der Waals surface area contributed by atoms with Gasteiger partial charge in [-0.05, 0) is 24.1 Å². The quantitative estimate of drug-likeness (QED) is 0.578. The Balaban J connectivity index is 2.38. The molecule has 3 N–H and O–H groups in total. The number of amides is 2. The number of benzene rings is 1. The van der Waals surface area contributed by atoms with Crippen molar-refractivity contribution >= 4 is 17.8 Å².